The molecule has 0 amide bonds. The molecule has 0 bridgehead atoms. The molecule has 4 N–H and O–H groups in total. The average molecular weight is 659 g/mol. The number of anilines is 2. The van der Waals surface area contributed by atoms with Crippen molar-refractivity contribution in [3.8, 4) is 23.1 Å². The molecular weight excluding hydrogens is 618 g/mol. The number of aromatic nitrogens is 4. The summed E-state index contributed by atoms with van der Waals surface area (Å²) in [5, 5.41) is 6.17. The molecule has 2 fully saturated rings. The van der Waals surface area contributed by atoms with Crippen LogP contribution in [0, 0.1) is 18.6 Å². The van der Waals surface area contributed by atoms with E-state index in [2.05, 4.69) is 35.5 Å². The normalized spacial score (nSPS) is 21.5. The standard InChI is InChI=1S/C21H22F5N7O2.C7H12FN.C2H6/c1-8-4-5-28-6-7-29-18-11-16(32-20(33-18)34-3)14(23)15(31-19(11)35-8)10-12(21(24,25)26)9(2)30-17(27)13(10)22;8-6-4-7-2-1-3-9(7)5-6;1-2/h8,28H,4-7H2,1-3H3,(H2,27,30)(H,29,32,33);6-7H,1-5H2;1-2H3. The van der Waals surface area contributed by atoms with Crippen LogP contribution in [-0.4, -0.2) is 83.0 Å². The number of hydrogen-bond donors (Lipinski definition) is 3. The van der Waals surface area contributed by atoms with Crippen molar-refractivity contribution in [2.75, 3.05) is 50.9 Å². The van der Waals surface area contributed by atoms with Crippen LogP contribution in [0.3, 0.4) is 0 Å². The number of aryl methyl sites for hydroxylation is 1. The second-order valence-electron chi connectivity index (χ2n) is 11.0. The highest BCUT2D eigenvalue weighted by Crippen LogP contribution is 2.44. The lowest BCUT2D eigenvalue weighted by Gasteiger charge is -2.20. The minimum absolute atomic E-state index is 0.0199. The smallest absolute Gasteiger partial charge is 0.418 e. The summed E-state index contributed by atoms with van der Waals surface area (Å²) < 4.78 is 96.4. The molecule has 6 heterocycles. The lowest BCUT2D eigenvalue weighted by atomic mass is 10.0. The van der Waals surface area contributed by atoms with Gasteiger partial charge in [-0.2, -0.15) is 23.1 Å². The van der Waals surface area contributed by atoms with Gasteiger partial charge in [0.05, 0.1) is 30.0 Å². The minimum Gasteiger partial charge on any atom is -0.474 e. The highest BCUT2D eigenvalue weighted by atomic mass is 19.4. The van der Waals surface area contributed by atoms with Crippen LogP contribution in [0.4, 0.5) is 38.0 Å². The van der Waals surface area contributed by atoms with E-state index < -0.39 is 63.9 Å². The number of nitrogen functional groups attached to an aromatic ring is 1. The number of nitrogens with zero attached hydrogens (tertiary/aromatic N) is 5. The summed E-state index contributed by atoms with van der Waals surface area (Å²) in [6.45, 7) is 10.0. The highest BCUT2D eigenvalue weighted by Gasteiger charge is 2.41. The first-order chi connectivity index (χ1) is 21.9. The van der Waals surface area contributed by atoms with Crippen molar-refractivity contribution in [2.24, 2.45) is 0 Å². The average Bonchev–Trinajstić information content (AvgIpc) is 3.58. The van der Waals surface area contributed by atoms with Crippen LogP contribution in [0.1, 0.15) is 57.7 Å². The summed E-state index contributed by atoms with van der Waals surface area (Å²) in [5.74, 6) is -3.89. The first kappa shape index (κ1) is 35.2. The first-order valence-electron chi connectivity index (χ1n) is 15.4. The number of halogens is 6. The van der Waals surface area contributed by atoms with Gasteiger partial charge in [0.2, 0.25) is 5.88 Å². The molecule has 0 radical (unpaired) electrons. The number of rotatable bonds is 2. The van der Waals surface area contributed by atoms with E-state index in [9.17, 15) is 17.6 Å². The van der Waals surface area contributed by atoms with Gasteiger partial charge < -0.3 is 25.8 Å². The Hall–Kier alpha value is -3.66. The van der Waals surface area contributed by atoms with Gasteiger partial charge in [-0.05, 0) is 52.6 Å². The van der Waals surface area contributed by atoms with Crippen LogP contribution < -0.4 is 25.8 Å². The van der Waals surface area contributed by atoms with Crippen LogP contribution in [0.25, 0.3) is 22.2 Å². The Kier molecular flexibility index (Phi) is 11.4. The maximum absolute atomic E-state index is 15.9. The Morgan fingerprint density at radius 3 is 2.43 bits per heavy atom. The zero-order valence-corrected chi connectivity index (χ0v) is 26.5. The summed E-state index contributed by atoms with van der Waals surface area (Å²) in [6.07, 6.45) is -2.25. The lowest BCUT2D eigenvalue weighted by Crippen LogP contribution is -2.26. The number of alkyl halides is 4. The highest BCUT2D eigenvalue weighted by molar-refractivity contribution is 5.96. The number of nitrogens with two attached hydrogens (primary N) is 1. The topological polar surface area (TPSA) is 123 Å². The van der Waals surface area contributed by atoms with Gasteiger partial charge >= 0.3 is 12.2 Å². The fraction of sp³-hybridized carbons (Fsp3) is 0.600. The molecule has 2 saturated heterocycles. The lowest BCUT2D eigenvalue weighted by molar-refractivity contribution is -0.138. The molecule has 3 aromatic rings. The number of methoxy groups -OCH3 is 1. The summed E-state index contributed by atoms with van der Waals surface area (Å²) in [6, 6.07) is 0.347. The zero-order chi connectivity index (χ0) is 33.8. The van der Waals surface area contributed by atoms with Crippen molar-refractivity contribution in [1.29, 1.82) is 0 Å². The monoisotopic (exact) mass is 658 g/mol. The fourth-order valence-electron chi connectivity index (χ4n) is 5.84. The van der Waals surface area contributed by atoms with E-state index in [1.165, 1.54) is 20.0 Å². The van der Waals surface area contributed by atoms with Crippen LogP contribution >= 0.6 is 0 Å². The third kappa shape index (κ3) is 7.48. The Morgan fingerprint density at radius 2 is 1.76 bits per heavy atom. The summed E-state index contributed by atoms with van der Waals surface area (Å²) in [7, 11) is 1.24. The van der Waals surface area contributed by atoms with Crippen molar-refractivity contribution >= 4 is 22.5 Å². The Balaban J connectivity index is 0.000000367. The maximum atomic E-state index is 15.9. The molecule has 0 spiro atoms. The fourth-order valence-corrected chi connectivity index (χ4v) is 5.84. The maximum Gasteiger partial charge on any atom is 0.418 e. The van der Waals surface area contributed by atoms with Gasteiger partial charge in [0.25, 0.3) is 0 Å². The van der Waals surface area contributed by atoms with Crippen molar-refractivity contribution in [2.45, 2.75) is 77.9 Å². The quantitative estimate of drug-likeness (QED) is 0.297. The molecule has 3 aliphatic heterocycles. The second kappa shape index (κ2) is 14.8. The van der Waals surface area contributed by atoms with E-state index in [1.54, 1.807) is 6.92 Å². The van der Waals surface area contributed by atoms with Crippen LogP contribution in [0.2, 0.25) is 0 Å². The largest absolute Gasteiger partial charge is 0.474 e. The number of fused-ring (bicyclic) bond motifs is 1. The Bertz CT molecular complexity index is 1510. The van der Waals surface area contributed by atoms with Crippen molar-refractivity contribution in [1.82, 2.24) is 30.2 Å². The van der Waals surface area contributed by atoms with Gasteiger partial charge in [-0.1, -0.05) is 13.8 Å². The van der Waals surface area contributed by atoms with E-state index in [0.29, 0.717) is 38.6 Å². The van der Waals surface area contributed by atoms with Gasteiger partial charge in [0.15, 0.2) is 17.5 Å². The Morgan fingerprint density at radius 1 is 1.02 bits per heavy atom. The van der Waals surface area contributed by atoms with Gasteiger partial charge in [-0.3, -0.25) is 4.90 Å². The summed E-state index contributed by atoms with van der Waals surface area (Å²) in [5.41, 5.74) is 0.758. The van der Waals surface area contributed by atoms with E-state index in [-0.39, 0.29) is 23.1 Å². The molecule has 3 atom stereocenters. The van der Waals surface area contributed by atoms with Crippen LogP contribution in [-0.2, 0) is 6.18 Å². The number of ether oxygens (including phenoxy) is 2. The molecule has 46 heavy (non-hydrogen) atoms. The third-order valence-electron chi connectivity index (χ3n) is 7.87. The number of nitrogens with one attached hydrogen (secondary N) is 2. The third-order valence-corrected chi connectivity index (χ3v) is 7.87. The molecule has 0 aromatic carbocycles. The van der Waals surface area contributed by atoms with E-state index in [4.69, 9.17) is 15.2 Å². The predicted molar refractivity (Wildman–Crippen MR) is 163 cm³/mol. The molecule has 10 nitrogen and oxygen atoms in total. The van der Waals surface area contributed by atoms with Gasteiger partial charge in [-0.25, -0.2) is 23.1 Å². The van der Waals surface area contributed by atoms with Crippen molar-refractivity contribution in [3.05, 3.63) is 22.9 Å². The van der Waals surface area contributed by atoms with Crippen molar-refractivity contribution in [3.63, 3.8) is 0 Å². The molecule has 254 valence electrons. The van der Waals surface area contributed by atoms with E-state index in [1.807, 2.05) is 13.8 Å². The van der Waals surface area contributed by atoms with Crippen LogP contribution in [0.15, 0.2) is 0 Å². The van der Waals surface area contributed by atoms with E-state index in [0.717, 1.165) is 19.9 Å². The first-order valence-corrected chi connectivity index (χ1v) is 15.4. The van der Waals surface area contributed by atoms with Gasteiger partial charge in [0.1, 0.15) is 28.6 Å². The molecule has 0 saturated carbocycles. The minimum atomic E-state index is -5.08. The Labute approximate surface area is 263 Å². The summed E-state index contributed by atoms with van der Waals surface area (Å²) in [4.78, 5) is 17.9. The molecule has 0 aliphatic carbocycles. The van der Waals surface area contributed by atoms with Crippen LogP contribution in [0.5, 0.6) is 11.9 Å². The molecule has 3 aliphatic rings. The second-order valence-corrected chi connectivity index (χ2v) is 11.0. The molecular formula is C30H40F6N8O2. The molecule has 3 aromatic heterocycles. The van der Waals surface area contributed by atoms with E-state index >= 15 is 8.78 Å². The molecule has 6 rings (SSSR count). The predicted octanol–water partition coefficient (Wildman–Crippen LogP) is 5.67. The summed E-state index contributed by atoms with van der Waals surface area (Å²) >= 11 is 0. The van der Waals surface area contributed by atoms with Crippen molar-refractivity contribution < 1.29 is 35.8 Å². The number of pyridine rings is 2. The van der Waals surface area contributed by atoms with Gasteiger partial charge in [0, 0.05) is 25.7 Å². The molecule has 16 heteroatoms. The molecule has 3 unspecified atom stereocenters. The zero-order valence-electron chi connectivity index (χ0n) is 26.5. The number of hydrogen-bond acceptors (Lipinski definition) is 10. The SMILES string of the molecule is CC.COc1nc2c3c(nc(-c4c(F)c(N)nc(C)c4C(F)(F)F)c(F)c3n1)OC(C)CCNCCN2.FC1CC2CCCN2C1. The van der Waals surface area contributed by atoms with Gasteiger partial charge in [-0.15, -0.1) is 0 Å².